The highest BCUT2D eigenvalue weighted by molar-refractivity contribution is 5.70. The minimum atomic E-state index is -0.592. The molecule has 0 spiro atoms. The Balaban J connectivity index is 2.08. The molecular weight excluding hydrogens is 178 g/mol. The van der Waals surface area contributed by atoms with Crippen LogP contribution in [-0.2, 0) is 4.79 Å². The molecule has 3 heteroatoms. The van der Waals surface area contributed by atoms with Crippen molar-refractivity contribution in [3.8, 4) is 0 Å². The van der Waals surface area contributed by atoms with Gasteiger partial charge in [-0.3, -0.25) is 9.69 Å². The van der Waals surface area contributed by atoms with Gasteiger partial charge >= 0.3 is 5.97 Å². The molecule has 2 aliphatic heterocycles. The highest BCUT2D eigenvalue weighted by atomic mass is 16.4. The van der Waals surface area contributed by atoms with E-state index in [0.717, 1.165) is 12.8 Å². The summed E-state index contributed by atoms with van der Waals surface area (Å²) in [6.07, 6.45) is 4.13. The second kappa shape index (κ2) is 3.54. The van der Waals surface area contributed by atoms with E-state index in [4.69, 9.17) is 5.11 Å². The molecule has 0 aromatic carbocycles. The van der Waals surface area contributed by atoms with Crippen molar-refractivity contribution in [2.75, 3.05) is 0 Å². The van der Waals surface area contributed by atoms with E-state index in [-0.39, 0.29) is 5.92 Å². The zero-order valence-electron chi connectivity index (χ0n) is 8.94. The Morgan fingerprint density at radius 2 is 1.79 bits per heavy atom. The summed E-state index contributed by atoms with van der Waals surface area (Å²) in [5, 5.41) is 9.01. The largest absolute Gasteiger partial charge is 0.481 e. The Morgan fingerprint density at radius 3 is 2.14 bits per heavy atom. The van der Waals surface area contributed by atoms with Crippen LogP contribution in [0.5, 0.6) is 0 Å². The van der Waals surface area contributed by atoms with Crippen LogP contribution >= 0.6 is 0 Å². The third-order valence-electron chi connectivity index (χ3n) is 3.74. The number of carboxylic acids is 1. The van der Waals surface area contributed by atoms with Gasteiger partial charge < -0.3 is 5.11 Å². The van der Waals surface area contributed by atoms with E-state index < -0.39 is 5.97 Å². The van der Waals surface area contributed by atoms with Gasteiger partial charge in [0.15, 0.2) is 0 Å². The van der Waals surface area contributed by atoms with Crippen LogP contribution in [0, 0.1) is 5.92 Å². The van der Waals surface area contributed by atoms with Crippen molar-refractivity contribution in [2.24, 2.45) is 5.92 Å². The first-order chi connectivity index (χ1) is 6.59. The predicted octanol–water partition coefficient (Wildman–Crippen LogP) is 1.72. The molecular formula is C11H19NO2. The molecule has 14 heavy (non-hydrogen) atoms. The third kappa shape index (κ3) is 1.54. The molecule has 2 saturated heterocycles. The van der Waals surface area contributed by atoms with Crippen LogP contribution in [0.4, 0.5) is 0 Å². The molecule has 0 amide bonds. The third-order valence-corrected chi connectivity index (χ3v) is 3.74. The van der Waals surface area contributed by atoms with E-state index in [1.165, 1.54) is 12.8 Å². The minimum absolute atomic E-state index is 0.0810. The molecule has 2 bridgehead atoms. The Morgan fingerprint density at radius 1 is 1.29 bits per heavy atom. The lowest BCUT2D eigenvalue weighted by Gasteiger charge is -2.40. The summed E-state index contributed by atoms with van der Waals surface area (Å²) < 4.78 is 0. The highest BCUT2D eigenvalue weighted by Crippen LogP contribution is 2.39. The summed E-state index contributed by atoms with van der Waals surface area (Å²) in [6.45, 7) is 4.43. The number of rotatable bonds is 2. The number of fused-ring (bicyclic) bond motifs is 2. The molecule has 2 fully saturated rings. The van der Waals surface area contributed by atoms with Gasteiger partial charge in [-0.25, -0.2) is 0 Å². The minimum Gasteiger partial charge on any atom is -0.481 e. The zero-order valence-corrected chi connectivity index (χ0v) is 8.94. The molecule has 2 rings (SSSR count). The molecule has 0 aromatic heterocycles. The van der Waals surface area contributed by atoms with Crippen molar-refractivity contribution < 1.29 is 9.90 Å². The van der Waals surface area contributed by atoms with Gasteiger partial charge in [0.1, 0.15) is 0 Å². The molecule has 0 aromatic rings. The number of hydrogen-bond acceptors (Lipinski definition) is 2. The molecule has 0 saturated carbocycles. The van der Waals surface area contributed by atoms with Gasteiger partial charge in [-0.2, -0.15) is 0 Å². The van der Waals surface area contributed by atoms with E-state index >= 15 is 0 Å². The molecule has 1 unspecified atom stereocenters. The van der Waals surface area contributed by atoms with Gasteiger partial charge in [-0.1, -0.05) is 0 Å². The van der Waals surface area contributed by atoms with Crippen LogP contribution in [0.1, 0.15) is 39.5 Å². The lowest BCUT2D eigenvalue weighted by atomic mass is 9.90. The van der Waals surface area contributed by atoms with Crippen molar-refractivity contribution in [1.29, 1.82) is 0 Å². The summed E-state index contributed by atoms with van der Waals surface area (Å²) in [5.41, 5.74) is 0. The molecule has 2 heterocycles. The summed E-state index contributed by atoms with van der Waals surface area (Å²) in [4.78, 5) is 13.5. The van der Waals surface area contributed by atoms with Crippen molar-refractivity contribution >= 4 is 5.97 Å². The van der Waals surface area contributed by atoms with Gasteiger partial charge in [0, 0.05) is 18.1 Å². The first-order valence-electron chi connectivity index (χ1n) is 5.60. The van der Waals surface area contributed by atoms with Gasteiger partial charge in [0.2, 0.25) is 0 Å². The Bertz CT molecular complexity index is 225. The van der Waals surface area contributed by atoms with Crippen molar-refractivity contribution in [2.45, 2.75) is 57.7 Å². The maximum atomic E-state index is 10.9. The van der Waals surface area contributed by atoms with Gasteiger partial charge in [-0.15, -0.1) is 0 Å². The lowest BCUT2D eigenvalue weighted by molar-refractivity contribution is -0.144. The van der Waals surface area contributed by atoms with E-state index in [0.29, 0.717) is 18.1 Å². The smallest absolute Gasteiger partial charge is 0.306 e. The van der Waals surface area contributed by atoms with E-state index in [1.54, 1.807) is 0 Å². The second-order valence-corrected chi connectivity index (χ2v) is 4.93. The quantitative estimate of drug-likeness (QED) is 0.732. The van der Waals surface area contributed by atoms with Crippen LogP contribution in [0.2, 0.25) is 0 Å². The number of nitrogens with zero attached hydrogens (tertiary/aromatic N) is 1. The standard InChI is InChI=1S/C11H19NO2/c1-7(2)12-9-3-4-10(12)6-8(5-9)11(13)14/h7-10H,3-6H2,1-2H3,(H,13,14)/t8?,9-,10+. The lowest BCUT2D eigenvalue weighted by Crippen LogP contribution is -2.48. The highest BCUT2D eigenvalue weighted by Gasteiger charge is 2.43. The number of piperidine rings is 1. The molecule has 0 radical (unpaired) electrons. The van der Waals surface area contributed by atoms with Crippen molar-refractivity contribution in [3.63, 3.8) is 0 Å². The Labute approximate surface area is 85.1 Å². The van der Waals surface area contributed by atoms with Gasteiger partial charge in [0.25, 0.3) is 0 Å². The molecule has 0 aliphatic carbocycles. The fourth-order valence-corrected chi connectivity index (χ4v) is 3.26. The van der Waals surface area contributed by atoms with E-state index in [2.05, 4.69) is 18.7 Å². The summed E-state index contributed by atoms with van der Waals surface area (Å²) in [6, 6.07) is 1.65. The first kappa shape index (κ1) is 9.97. The average molecular weight is 197 g/mol. The van der Waals surface area contributed by atoms with Gasteiger partial charge in [-0.05, 0) is 39.5 Å². The topological polar surface area (TPSA) is 40.5 Å². The number of hydrogen-bond donors (Lipinski definition) is 1. The maximum absolute atomic E-state index is 10.9. The molecule has 80 valence electrons. The van der Waals surface area contributed by atoms with Gasteiger partial charge in [0.05, 0.1) is 5.92 Å². The van der Waals surface area contributed by atoms with Crippen LogP contribution in [0.25, 0.3) is 0 Å². The zero-order chi connectivity index (χ0) is 10.3. The monoisotopic (exact) mass is 197 g/mol. The number of carbonyl (C=O) groups is 1. The summed E-state index contributed by atoms with van der Waals surface area (Å²) >= 11 is 0. The van der Waals surface area contributed by atoms with Crippen LogP contribution in [-0.4, -0.2) is 34.1 Å². The fraction of sp³-hybridized carbons (Fsp3) is 0.909. The average Bonchev–Trinajstić information content (AvgIpc) is 2.37. The van der Waals surface area contributed by atoms with Crippen LogP contribution in [0.15, 0.2) is 0 Å². The molecule has 1 N–H and O–H groups in total. The molecule has 3 atom stereocenters. The number of carboxylic acid groups (broad SMARTS) is 1. The first-order valence-corrected chi connectivity index (χ1v) is 5.60. The SMILES string of the molecule is CC(C)N1[C@@H]2CC[C@H]1CC(C(=O)O)C2. The predicted molar refractivity (Wildman–Crippen MR) is 54.1 cm³/mol. The Kier molecular flexibility index (Phi) is 2.52. The Hall–Kier alpha value is -0.570. The fourth-order valence-electron chi connectivity index (χ4n) is 3.26. The second-order valence-electron chi connectivity index (χ2n) is 4.93. The normalized spacial score (nSPS) is 37.8. The maximum Gasteiger partial charge on any atom is 0.306 e. The number of aliphatic carboxylic acids is 1. The molecule has 2 aliphatic rings. The van der Waals surface area contributed by atoms with Crippen LogP contribution < -0.4 is 0 Å². The van der Waals surface area contributed by atoms with E-state index in [9.17, 15) is 4.79 Å². The molecule has 3 nitrogen and oxygen atoms in total. The van der Waals surface area contributed by atoms with Crippen molar-refractivity contribution in [1.82, 2.24) is 4.90 Å². The van der Waals surface area contributed by atoms with Crippen molar-refractivity contribution in [3.05, 3.63) is 0 Å². The summed E-state index contributed by atoms with van der Waals surface area (Å²) in [5.74, 6) is -0.673. The summed E-state index contributed by atoms with van der Waals surface area (Å²) in [7, 11) is 0. The van der Waals surface area contributed by atoms with Crippen LogP contribution in [0.3, 0.4) is 0 Å². The van der Waals surface area contributed by atoms with E-state index in [1.807, 2.05) is 0 Å².